The van der Waals surface area contributed by atoms with Crippen molar-refractivity contribution in [3.05, 3.63) is 28.2 Å². The van der Waals surface area contributed by atoms with Crippen molar-refractivity contribution < 1.29 is 0 Å². The van der Waals surface area contributed by atoms with E-state index in [0.29, 0.717) is 6.04 Å². The molecule has 1 aromatic rings. The number of anilines is 1. The lowest BCUT2D eigenvalue weighted by molar-refractivity contribution is 0.625. The fourth-order valence-electron chi connectivity index (χ4n) is 2.58. The van der Waals surface area contributed by atoms with Crippen LogP contribution in [-0.4, -0.2) is 12.6 Å². The Bertz CT molecular complexity index is 378. The summed E-state index contributed by atoms with van der Waals surface area (Å²) in [4.78, 5) is 2.54. The third kappa shape index (κ3) is 2.45. The highest BCUT2D eigenvalue weighted by molar-refractivity contribution is 9.10. The van der Waals surface area contributed by atoms with E-state index in [1.54, 1.807) is 0 Å². The maximum Gasteiger partial charge on any atom is 0.0410 e. The van der Waals surface area contributed by atoms with E-state index in [1.807, 2.05) is 0 Å². The van der Waals surface area contributed by atoms with E-state index in [-0.39, 0.29) is 0 Å². The Morgan fingerprint density at radius 3 is 2.69 bits per heavy atom. The van der Waals surface area contributed by atoms with Gasteiger partial charge in [0.2, 0.25) is 0 Å². The lowest BCUT2D eigenvalue weighted by Crippen LogP contribution is -2.27. The summed E-state index contributed by atoms with van der Waals surface area (Å²) in [5, 5.41) is 0.916. The summed E-state index contributed by atoms with van der Waals surface area (Å²) in [6.07, 6.45) is 1.30. The molecule has 1 fully saturated rings. The summed E-state index contributed by atoms with van der Waals surface area (Å²) in [5.41, 5.74) is 2.76. The highest BCUT2D eigenvalue weighted by atomic mass is 79.9. The molecule has 1 aromatic carbocycles. The van der Waals surface area contributed by atoms with Gasteiger partial charge in [-0.3, -0.25) is 0 Å². The highest BCUT2D eigenvalue weighted by Gasteiger charge is 2.27. The van der Waals surface area contributed by atoms with Gasteiger partial charge < -0.3 is 4.90 Å². The Kier molecular flexibility index (Phi) is 3.96. The van der Waals surface area contributed by atoms with Crippen LogP contribution in [0.5, 0.6) is 0 Å². The molecule has 1 heterocycles. The quantitative estimate of drug-likeness (QED) is 0.708. The molecule has 0 N–H and O–H groups in total. The number of halogens is 2. The van der Waals surface area contributed by atoms with Gasteiger partial charge >= 0.3 is 0 Å². The first-order valence-corrected chi connectivity index (χ1v) is 7.64. The Morgan fingerprint density at radius 2 is 2.12 bits per heavy atom. The van der Waals surface area contributed by atoms with Crippen LogP contribution in [0.15, 0.2) is 22.7 Å². The van der Waals surface area contributed by atoms with E-state index in [2.05, 4.69) is 68.8 Å². The average molecular weight is 347 g/mol. The van der Waals surface area contributed by atoms with Crippen molar-refractivity contribution in [2.24, 2.45) is 5.92 Å². The summed E-state index contributed by atoms with van der Waals surface area (Å²) in [7, 11) is 0. The van der Waals surface area contributed by atoms with Crippen LogP contribution in [0.25, 0.3) is 0 Å². The van der Waals surface area contributed by atoms with Gasteiger partial charge in [-0.15, -0.1) is 0 Å². The molecule has 1 nitrogen and oxygen atoms in total. The first-order valence-electron chi connectivity index (χ1n) is 5.73. The van der Waals surface area contributed by atoms with Gasteiger partial charge in [0.25, 0.3) is 0 Å². The minimum atomic E-state index is 0.661. The molecule has 16 heavy (non-hydrogen) atoms. The maximum atomic E-state index is 3.58. The van der Waals surface area contributed by atoms with E-state index >= 15 is 0 Å². The number of alkyl halides is 1. The fourth-order valence-corrected chi connectivity index (χ4v) is 3.43. The monoisotopic (exact) mass is 345 g/mol. The van der Waals surface area contributed by atoms with Crippen LogP contribution < -0.4 is 4.90 Å². The predicted octanol–water partition coefficient (Wildman–Crippen LogP) is 4.58. The molecular formula is C13H17Br2N. The van der Waals surface area contributed by atoms with Gasteiger partial charge in [0.15, 0.2) is 0 Å². The van der Waals surface area contributed by atoms with E-state index in [4.69, 9.17) is 0 Å². The lowest BCUT2D eigenvalue weighted by Gasteiger charge is -2.26. The maximum absolute atomic E-state index is 3.58. The van der Waals surface area contributed by atoms with E-state index < -0.39 is 0 Å². The van der Waals surface area contributed by atoms with Crippen LogP contribution in [0.2, 0.25) is 0 Å². The molecule has 0 aromatic heterocycles. The smallest absolute Gasteiger partial charge is 0.0410 e. The molecule has 3 heteroatoms. The van der Waals surface area contributed by atoms with Crippen molar-refractivity contribution >= 4 is 37.5 Å². The Balaban J connectivity index is 2.32. The molecule has 1 saturated heterocycles. The molecule has 88 valence electrons. The summed E-state index contributed by atoms with van der Waals surface area (Å²) in [5.74, 6) is 0.807. The van der Waals surface area contributed by atoms with E-state index in [9.17, 15) is 0 Å². The SMILES string of the molecule is CC1CC(C)N(c2ccc(Br)cc2CBr)C1. The number of hydrogen-bond acceptors (Lipinski definition) is 1. The van der Waals surface area contributed by atoms with Crippen LogP contribution in [0, 0.1) is 5.92 Å². The predicted molar refractivity (Wildman–Crippen MR) is 77.4 cm³/mol. The standard InChI is InChI=1S/C13H17Br2N/c1-9-5-10(2)16(8-9)13-4-3-12(15)6-11(13)7-14/h3-4,6,9-10H,5,7-8H2,1-2H3. The molecule has 1 aliphatic heterocycles. The van der Waals surface area contributed by atoms with Crippen LogP contribution in [0.1, 0.15) is 25.8 Å². The van der Waals surface area contributed by atoms with Gasteiger partial charge in [0.1, 0.15) is 0 Å². The fraction of sp³-hybridized carbons (Fsp3) is 0.538. The minimum absolute atomic E-state index is 0.661. The normalized spacial score (nSPS) is 25.1. The van der Waals surface area contributed by atoms with Gasteiger partial charge in [-0.25, -0.2) is 0 Å². The molecule has 2 atom stereocenters. The van der Waals surface area contributed by atoms with E-state index in [1.165, 1.54) is 24.2 Å². The second-order valence-electron chi connectivity index (χ2n) is 4.75. The van der Waals surface area contributed by atoms with Crippen molar-refractivity contribution in [3.8, 4) is 0 Å². The molecular weight excluding hydrogens is 330 g/mol. The summed E-state index contributed by atoms with van der Waals surface area (Å²) >= 11 is 7.11. The number of hydrogen-bond donors (Lipinski definition) is 0. The third-order valence-corrected chi connectivity index (χ3v) is 4.38. The minimum Gasteiger partial charge on any atom is -0.368 e. The van der Waals surface area contributed by atoms with Crippen LogP contribution >= 0.6 is 31.9 Å². The van der Waals surface area contributed by atoms with E-state index in [0.717, 1.165) is 15.7 Å². The Labute approximate surface area is 114 Å². The van der Waals surface area contributed by atoms with Crippen molar-refractivity contribution in [2.75, 3.05) is 11.4 Å². The second kappa shape index (κ2) is 5.09. The molecule has 0 spiro atoms. The lowest BCUT2D eigenvalue weighted by atomic mass is 10.1. The van der Waals surface area contributed by atoms with Gasteiger partial charge in [-0.1, -0.05) is 38.8 Å². The second-order valence-corrected chi connectivity index (χ2v) is 6.23. The number of nitrogens with zero attached hydrogens (tertiary/aromatic N) is 1. The van der Waals surface area contributed by atoms with Gasteiger partial charge in [-0.05, 0) is 43.0 Å². The molecule has 0 radical (unpaired) electrons. The van der Waals surface area contributed by atoms with Crippen molar-refractivity contribution in [1.29, 1.82) is 0 Å². The summed E-state index contributed by atoms with van der Waals surface area (Å²) < 4.78 is 1.16. The van der Waals surface area contributed by atoms with Gasteiger partial charge in [0.05, 0.1) is 0 Å². The topological polar surface area (TPSA) is 3.24 Å². The zero-order chi connectivity index (χ0) is 11.7. The summed E-state index contributed by atoms with van der Waals surface area (Å²) in [6.45, 7) is 5.84. The zero-order valence-electron chi connectivity index (χ0n) is 9.71. The molecule has 1 aliphatic rings. The largest absolute Gasteiger partial charge is 0.368 e. The highest BCUT2D eigenvalue weighted by Crippen LogP contribution is 2.33. The van der Waals surface area contributed by atoms with Crippen LogP contribution in [-0.2, 0) is 5.33 Å². The molecule has 2 unspecified atom stereocenters. The van der Waals surface area contributed by atoms with Crippen LogP contribution in [0.4, 0.5) is 5.69 Å². The zero-order valence-corrected chi connectivity index (χ0v) is 12.9. The molecule has 0 bridgehead atoms. The number of benzene rings is 1. The van der Waals surface area contributed by atoms with Crippen molar-refractivity contribution in [3.63, 3.8) is 0 Å². The van der Waals surface area contributed by atoms with Crippen molar-refractivity contribution in [1.82, 2.24) is 0 Å². The van der Waals surface area contributed by atoms with Crippen LogP contribution in [0.3, 0.4) is 0 Å². The third-order valence-electron chi connectivity index (χ3n) is 3.28. The number of rotatable bonds is 2. The average Bonchev–Trinajstić information content (AvgIpc) is 2.57. The van der Waals surface area contributed by atoms with Gasteiger partial charge in [-0.2, -0.15) is 0 Å². The molecule has 0 amide bonds. The first kappa shape index (κ1) is 12.4. The molecule has 2 rings (SSSR count). The first-order chi connectivity index (χ1) is 7.61. The molecule has 0 aliphatic carbocycles. The summed E-state index contributed by atoms with van der Waals surface area (Å²) in [6, 6.07) is 7.24. The Hall–Kier alpha value is -0.0200. The Morgan fingerprint density at radius 1 is 1.38 bits per heavy atom. The van der Waals surface area contributed by atoms with Crippen molar-refractivity contribution in [2.45, 2.75) is 31.6 Å². The molecule has 0 saturated carbocycles. The van der Waals surface area contributed by atoms with Gasteiger partial charge in [0, 0.05) is 28.1 Å².